The molecule has 1 aliphatic rings. The fraction of sp³-hybridized carbons (Fsp3) is 0.550. The first-order valence-corrected chi connectivity index (χ1v) is 9.68. The SMILES string of the molecule is CNC(=O)c1cccnc1N1CCC[C@@H](c2nccn2CCCN(C)C)C1. The van der Waals surface area contributed by atoms with Crippen LogP contribution in [0.15, 0.2) is 30.7 Å². The van der Waals surface area contributed by atoms with E-state index in [1.807, 2.05) is 18.3 Å². The summed E-state index contributed by atoms with van der Waals surface area (Å²) in [5, 5.41) is 2.71. The molecule has 7 heteroatoms. The number of nitrogens with zero attached hydrogens (tertiary/aromatic N) is 5. The Kier molecular flexibility index (Phi) is 6.45. The number of rotatable bonds is 7. The van der Waals surface area contributed by atoms with Gasteiger partial charge in [0.05, 0.1) is 5.56 Å². The minimum Gasteiger partial charge on any atom is -0.355 e. The van der Waals surface area contributed by atoms with E-state index in [2.05, 4.69) is 49.9 Å². The van der Waals surface area contributed by atoms with E-state index >= 15 is 0 Å². The van der Waals surface area contributed by atoms with Gasteiger partial charge < -0.3 is 19.7 Å². The predicted molar refractivity (Wildman–Crippen MR) is 107 cm³/mol. The molecule has 146 valence electrons. The molecule has 0 aliphatic carbocycles. The molecule has 2 aromatic heterocycles. The highest BCUT2D eigenvalue weighted by atomic mass is 16.1. The molecule has 1 N–H and O–H groups in total. The van der Waals surface area contributed by atoms with Gasteiger partial charge in [-0.25, -0.2) is 9.97 Å². The standard InChI is InChI=1S/C20H30N6O/c1-21-20(27)17-8-4-9-22-19(17)26-12-5-7-16(15-26)18-23-10-14-25(18)13-6-11-24(2)3/h4,8-10,14,16H,5-7,11-13,15H2,1-3H3,(H,21,27)/t16-/m1/s1. The van der Waals surface area contributed by atoms with Crippen molar-refractivity contribution < 1.29 is 4.79 Å². The van der Waals surface area contributed by atoms with Crippen LogP contribution < -0.4 is 10.2 Å². The van der Waals surface area contributed by atoms with Gasteiger partial charge in [-0.2, -0.15) is 0 Å². The number of piperidine rings is 1. The zero-order valence-electron chi connectivity index (χ0n) is 16.6. The molecule has 3 rings (SSSR count). The molecule has 0 unspecified atom stereocenters. The quantitative estimate of drug-likeness (QED) is 0.807. The second kappa shape index (κ2) is 8.99. The lowest BCUT2D eigenvalue weighted by Crippen LogP contribution is -2.37. The van der Waals surface area contributed by atoms with Gasteiger partial charge in [-0.3, -0.25) is 4.79 Å². The number of anilines is 1. The lowest BCUT2D eigenvalue weighted by molar-refractivity contribution is 0.0963. The summed E-state index contributed by atoms with van der Waals surface area (Å²) in [6, 6.07) is 3.65. The number of carbonyl (C=O) groups is 1. The van der Waals surface area contributed by atoms with Crippen molar-refractivity contribution in [1.29, 1.82) is 0 Å². The first kappa shape index (κ1) is 19.4. The van der Waals surface area contributed by atoms with Gasteiger partial charge in [0.15, 0.2) is 0 Å². The van der Waals surface area contributed by atoms with Crippen LogP contribution in [0.2, 0.25) is 0 Å². The molecule has 0 radical (unpaired) electrons. The zero-order chi connectivity index (χ0) is 19.2. The molecule has 0 aromatic carbocycles. The summed E-state index contributed by atoms with van der Waals surface area (Å²) < 4.78 is 2.29. The van der Waals surface area contributed by atoms with Crippen molar-refractivity contribution in [3.05, 3.63) is 42.1 Å². The highest BCUT2D eigenvalue weighted by molar-refractivity contribution is 5.98. The monoisotopic (exact) mass is 370 g/mol. The highest BCUT2D eigenvalue weighted by Crippen LogP contribution is 2.30. The molecular weight excluding hydrogens is 340 g/mol. The summed E-state index contributed by atoms with van der Waals surface area (Å²) >= 11 is 0. The number of amides is 1. The average molecular weight is 371 g/mol. The van der Waals surface area contributed by atoms with Crippen LogP contribution >= 0.6 is 0 Å². The summed E-state index contributed by atoms with van der Waals surface area (Å²) in [7, 11) is 5.86. The maximum Gasteiger partial charge on any atom is 0.254 e. The average Bonchev–Trinajstić information content (AvgIpc) is 3.16. The summed E-state index contributed by atoms with van der Waals surface area (Å²) in [6.07, 6.45) is 9.03. The van der Waals surface area contributed by atoms with Crippen LogP contribution in [0.4, 0.5) is 5.82 Å². The van der Waals surface area contributed by atoms with E-state index in [1.54, 1.807) is 13.2 Å². The van der Waals surface area contributed by atoms with Gasteiger partial charge in [-0.15, -0.1) is 0 Å². The van der Waals surface area contributed by atoms with Gasteiger partial charge in [-0.05, 0) is 52.0 Å². The maximum absolute atomic E-state index is 12.2. The van der Waals surface area contributed by atoms with Crippen molar-refractivity contribution in [1.82, 2.24) is 24.8 Å². The number of hydrogen-bond acceptors (Lipinski definition) is 5. The Balaban J connectivity index is 1.74. The van der Waals surface area contributed by atoms with Crippen LogP contribution in [-0.2, 0) is 6.54 Å². The number of nitrogens with one attached hydrogen (secondary N) is 1. The number of aromatic nitrogens is 3. The zero-order valence-corrected chi connectivity index (χ0v) is 16.6. The van der Waals surface area contributed by atoms with Crippen LogP contribution in [0, 0.1) is 0 Å². The molecule has 1 aliphatic heterocycles. The number of hydrogen-bond donors (Lipinski definition) is 1. The summed E-state index contributed by atoms with van der Waals surface area (Å²) in [5.74, 6) is 2.18. The van der Waals surface area contributed by atoms with Gasteiger partial charge in [0.25, 0.3) is 5.91 Å². The molecule has 0 spiro atoms. The summed E-state index contributed by atoms with van der Waals surface area (Å²) in [6.45, 7) is 3.81. The van der Waals surface area contributed by atoms with Crippen molar-refractivity contribution in [3.8, 4) is 0 Å². The van der Waals surface area contributed by atoms with Crippen molar-refractivity contribution in [3.63, 3.8) is 0 Å². The largest absolute Gasteiger partial charge is 0.355 e. The van der Waals surface area contributed by atoms with E-state index in [9.17, 15) is 4.79 Å². The van der Waals surface area contributed by atoms with Gasteiger partial charge in [0.2, 0.25) is 0 Å². The fourth-order valence-corrected chi connectivity index (χ4v) is 3.77. The van der Waals surface area contributed by atoms with Crippen molar-refractivity contribution in [2.45, 2.75) is 31.7 Å². The highest BCUT2D eigenvalue weighted by Gasteiger charge is 2.27. The van der Waals surface area contributed by atoms with Crippen LogP contribution in [0.1, 0.15) is 41.4 Å². The number of aryl methyl sites for hydroxylation is 1. The van der Waals surface area contributed by atoms with E-state index in [4.69, 9.17) is 0 Å². The second-order valence-corrected chi connectivity index (χ2v) is 7.37. The van der Waals surface area contributed by atoms with E-state index in [1.165, 1.54) is 0 Å². The van der Waals surface area contributed by atoms with Crippen LogP contribution in [0.3, 0.4) is 0 Å². The van der Waals surface area contributed by atoms with E-state index in [-0.39, 0.29) is 5.91 Å². The van der Waals surface area contributed by atoms with Crippen LogP contribution in [-0.4, -0.2) is 66.1 Å². The Hall–Kier alpha value is -2.41. The predicted octanol–water partition coefficient (Wildman–Crippen LogP) is 1.97. The Morgan fingerprint density at radius 2 is 2.19 bits per heavy atom. The molecule has 1 atom stereocenters. The molecular formula is C20H30N6O. The van der Waals surface area contributed by atoms with Crippen LogP contribution in [0.25, 0.3) is 0 Å². The van der Waals surface area contributed by atoms with Gasteiger partial charge in [0, 0.05) is 51.2 Å². The molecule has 3 heterocycles. The third-order valence-electron chi connectivity index (χ3n) is 5.10. The number of imidazole rings is 1. The normalized spacial score (nSPS) is 17.3. The maximum atomic E-state index is 12.2. The first-order chi connectivity index (χ1) is 13.1. The lowest BCUT2D eigenvalue weighted by atomic mass is 9.96. The Bertz CT molecular complexity index is 756. The van der Waals surface area contributed by atoms with Crippen molar-refractivity contribution in [2.75, 3.05) is 45.7 Å². The third kappa shape index (κ3) is 4.66. The third-order valence-corrected chi connectivity index (χ3v) is 5.10. The Labute approximate surface area is 161 Å². The van der Waals surface area contributed by atoms with Crippen molar-refractivity contribution in [2.24, 2.45) is 0 Å². The van der Waals surface area contributed by atoms with Crippen LogP contribution in [0.5, 0.6) is 0 Å². The summed E-state index contributed by atoms with van der Waals surface area (Å²) in [4.78, 5) is 25.8. The molecule has 1 fully saturated rings. The van der Waals surface area contributed by atoms with Crippen molar-refractivity contribution >= 4 is 11.7 Å². The van der Waals surface area contributed by atoms with E-state index in [0.29, 0.717) is 11.5 Å². The minimum absolute atomic E-state index is 0.0922. The Morgan fingerprint density at radius 3 is 2.96 bits per heavy atom. The molecule has 1 amide bonds. The van der Waals surface area contributed by atoms with Gasteiger partial charge in [0.1, 0.15) is 11.6 Å². The first-order valence-electron chi connectivity index (χ1n) is 9.68. The molecule has 7 nitrogen and oxygen atoms in total. The molecule has 0 saturated carbocycles. The molecule has 0 bridgehead atoms. The molecule has 27 heavy (non-hydrogen) atoms. The smallest absolute Gasteiger partial charge is 0.254 e. The van der Waals surface area contributed by atoms with E-state index in [0.717, 1.165) is 57.1 Å². The lowest BCUT2D eigenvalue weighted by Gasteiger charge is -2.34. The fourth-order valence-electron chi connectivity index (χ4n) is 3.77. The minimum atomic E-state index is -0.0922. The number of carbonyl (C=O) groups excluding carboxylic acids is 1. The van der Waals surface area contributed by atoms with E-state index < -0.39 is 0 Å². The summed E-state index contributed by atoms with van der Waals surface area (Å²) in [5.41, 5.74) is 0.634. The van der Waals surface area contributed by atoms with Gasteiger partial charge >= 0.3 is 0 Å². The topological polar surface area (TPSA) is 66.3 Å². The van der Waals surface area contributed by atoms with Gasteiger partial charge in [-0.1, -0.05) is 0 Å². The second-order valence-electron chi connectivity index (χ2n) is 7.37. The molecule has 1 saturated heterocycles. The molecule has 2 aromatic rings. The Morgan fingerprint density at radius 1 is 1.33 bits per heavy atom. The number of pyridine rings is 1.